The molecule has 4 fully saturated rings. The van der Waals surface area contributed by atoms with Gasteiger partial charge in [-0.15, -0.1) is 0 Å². The first-order chi connectivity index (χ1) is 17.2. The summed E-state index contributed by atoms with van der Waals surface area (Å²) in [6.07, 6.45) is 11.0. The first-order valence-electron chi connectivity index (χ1n) is 14.8. The standard InChI is InChI=1S/C32H49NO4/c1-19-10-9-13-28(3)16-17-30(5)21(25(19)28)18-22(35)26-29(4)14-12-24(37-20(2)34)32(7,27(36)33-8)23(29)11-15-31(26,30)6/h18-19,23-26H,9-17H2,1-8H3,(H,33,36)/t19-,23?,24+,25?,26?,28+,29-,30+,31+,32+/m0/s1. The van der Waals surface area contributed by atoms with Gasteiger partial charge in [0.05, 0.1) is 5.41 Å². The Balaban J connectivity index is 1.62. The van der Waals surface area contributed by atoms with Crippen LogP contribution in [0.15, 0.2) is 11.6 Å². The lowest BCUT2D eigenvalue weighted by Crippen LogP contribution is -2.69. The first-order valence-corrected chi connectivity index (χ1v) is 14.8. The SMILES string of the molecule is CNC(=O)[C@]1(C)C2CC[C@]3(C)C(C(=O)C=C4C5[C@@H](C)CCC[C@]5(C)CC[C@]43C)[C@@]2(C)CC[C@H]1OC(C)=O. The minimum Gasteiger partial charge on any atom is -0.461 e. The topological polar surface area (TPSA) is 72.5 Å². The van der Waals surface area contributed by atoms with E-state index >= 15 is 0 Å². The Hall–Kier alpha value is -1.65. The van der Waals surface area contributed by atoms with Gasteiger partial charge in [0.25, 0.3) is 0 Å². The maximum Gasteiger partial charge on any atom is 0.302 e. The van der Waals surface area contributed by atoms with Gasteiger partial charge < -0.3 is 10.1 Å². The predicted molar refractivity (Wildman–Crippen MR) is 144 cm³/mol. The monoisotopic (exact) mass is 511 g/mol. The van der Waals surface area contributed by atoms with Gasteiger partial charge in [0, 0.05) is 19.9 Å². The number of nitrogens with one attached hydrogen (secondary N) is 1. The van der Waals surface area contributed by atoms with Crippen LogP contribution in [0.3, 0.4) is 0 Å². The highest BCUT2D eigenvalue weighted by Crippen LogP contribution is 2.75. The van der Waals surface area contributed by atoms with Crippen molar-refractivity contribution in [3.05, 3.63) is 11.6 Å². The number of fused-ring (bicyclic) bond motifs is 7. The lowest BCUT2D eigenvalue weighted by atomic mass is 9.33. The Morgan fingerprint density at radius 3 is 2.32 bits per heavy atom. The van der Waals surface area contributed by atoms with Crippen molar-refractivity contribution in [2.45, 2.75) is 112 Å². The second-order valence-electron chi connectivity index (χ2n) is 14.8. The van der Waals surface area contributed by atoms with Crippen LogP contribution in [0.5, 0.6) is 0 Å². The molecule has 5 aliphatic rings. The van der Waals surface area contributed by atoms with Crippen LogP contribution in [0.4, 0.5) is 0 Å². The van der Waals surface area contributed by atoms with Crippen molar-refractivity contribution in [3.63, 3.8) is 0 Å². The smallest absolute Gasteiger partial charge is 0.302 e. The number of ketones is 1. The third-order valence-electron chi connectivity index (χ3n) is 13.1. The molecule has 0 aromatic carbocycles. The summed E-state index contributed by atoms with van der Waals surface area (Å²) in [5, 5.41) is 2.89. The quantitative estimate of drug-likeness (QED) is 0.445. The molecular weight excluding hydrogens is 462 g/mol. The molecule has 0 saturated heterocycles. The van der Waals surface area contributed by atoms with Crippen LogP contribution in [0.25, 0.3) is 0 Å². The summed E-state index contributed by atoms with van der Waals surface area (Å²) in [6, 6.07) is 0. The molecule has 0 heterocycles. The van der Waals surface area contributed by atoms with E-state index in [9.17, 15) is 14.4 Å². The molecule has 5 rings (SSSR count). The Kier molecular flexibility index (Phi) is 6.13. The number of allylic oxidation sites excluding steroid dienone is 2. The molecule has 1 N–H and O–H groups in total. The number of hydrogen-bond donors (Lipinski definition) is 1. The summed E-state index contributed by atoms with van der Waals surface area (Å²) in [4.78, 5) is 40.0. The van der Waals surface area contributed by atoms with Crippen LogP contribution < -0.4 is 5.32 Å². The van der Waals surface area contributed by atoms with Crippen LogP contribution in [0.2, 0.25) is 0 Å². The first kappa shape index (κ1) is 26.9. The molecule has 5 nitrogen and oxygen atoms in total. The molecule has 206 valence electrons. The minimum absolute atomic E-state index is 0.00845. The maximum absolute atomic E-state index is 14.4. The number of carbonyl (C=O) groups excluding carboxylic acids is 3. The molecule has 1 amide bonds. The predicted octanol–water partition coefficient (Wildman–Crippen LogP) is 6.25. The molecule has 0 aromatic rings. The van der Waals surface area contributed by atoms with Crippen molar-refractivity contribution in [2.24, 2.45) is 50.7 Å². The number of ether oxygens (including phenoxy) is 1. The van der Waals surface area contributed by atoms with E-state index in [1.54, 1.807) is 7.05 Å². The summed E-state index contributed by atoms with van der Waals surface area (Å²) < 4.78 is 5.80. The molecule has 5 aliphatic carbocycles. The van der Waals surface area contributed by atoms with Crippen molar-refractivity contribution in [3.8, 4) is 0 Å². The molecule has 0 aliphatic heterocycles. The minimum atomic E-state index is -0.858. The second kappa shape index (κ2) is 8.42. The van der Waals surface area contributed by atoms with Crippen molar-refractivity contribution in [2.75, 3.05) is 7.05 Å². The summed E-state index contributed by atoms with van der Waals surface area (Å²) in [5.74, 6) is 0.815. The summed E-state index contributed by atoms with van der Waals surface area (Å²) >= 11 is 0. The number of amides is 1. The van der Waals surface area contributed by atoms with E-state index in [2.05, 4.69) is 46.0 Å². The van der Waals surface area contributed by atoms with Gasteiger partial charge in [-0.2, -0.15) is 0 Å². The largest absolute Gasteiger partial charge is 0.461 e. The van der Waals surface area contributed by atoms with E-state index in [4.69, 9.17) is 4.74 Å². The van der Waals surface area contributed by atoms with Crippen LogP contribution >= 0.6 is 0 Å². The fourth-order valence-corrected chi connectivity index (χ4v) is 11.2. The Morgan fingerprint density at radius 2 is 1.68 bits per heavy atom. The lowest BCUT2D eigenvalue weighted by molar-refractivity contribution is -0.213. The molecule has 3 unspecified atom stereocenters. The zero-order valence-corrected chi connectivity index (χ0v) is 24.5. The summed E-state index contributed by atoms with van der Waals surface area (Å²) in [5.41, 5.74) is 0.408. The van der Waals surface area contributed by atoms with E-state index in [1.165, 1.54) is 38.2 Å². The molecule has 0 radical (unpaired) electrons. The Bertz CT molecular complexity index is 1050. The third-order valence-corrected chi connectivity index (χ3v) is 13.1. The van der Waals surface area contributed by atoms with E-state index in [0.717, 1.165) is 25.7 Å². The fourth-order valence-electron chi connectivity index (χ4n) is 11.2. The molecule has 0 spiro atoms. The van der Waals surface area contributed by atoms with E-state index < -0.39 is 11.5 Å². The van der Waals surface area contributed by atoms with Crippen LogP contribution in [-0.2, 0) is 19.1 Å². The normalized spacial score (nSPS) is 51.0. The second-order valence-corrected chi connectivity index (χ2v) is 14.8. The van der Waals surface area contributed by atoms with Crippen molar-refractivity contribution in [1.29, 1.82) is 0 Å². The number of hydrogen-bond acceptors (Lipinski definition) is 4. The van der Waals surface area contributed by atoms with Crippen molar-refractivity contribution in [1.82, 2.24) is 5.32 Å². The summed E-state index contributed by atoms with van der Waals surface area (Å²) in [6.45, 7) is 15.5. The van der Waals surface area contributed by atoms with Gasteiger partial charge in [-0.25, -0.2) is 0 Å². The molecule has 0 bridgehead atoms. The van der Waals surface area contributed by atoms with Crippen molar-refractivity contribution < 1.29 is 19.1 Å². The molecule has 37 heavy (non-hydrogen) atoms. The van der Waals surface area contributed by atoms with Gasteiger partial charge in [0.15, 0.2) is 5.78 Å². The zero-order valence-electron chi connectivity index (χ0n) is 24.5. The fraction of sp³-hybridized carbons (Fsp3) is 0.844. The van der Waals surface area contributed by atoms with Gasteiger partial charge in [0.1, 0.15) is 6.10 Å². The Labute approximate surface area is 223 Å². The van der Waals surface area contributed by atoms with Gasteiger partial charge in [-0.05, 0) is 97.4 Å². The van der Waals surface area contributed by atoms with Gasteiger partial charge in [-0.1, -0.05) is 53.0 Å². The van der Waals surface area contributed by atoms with E-state index in [1.807, 2.05) is 6.92 Å². The average molecular weight is 512 g/mol. The molecule has 5 heteroatoms. The Morgan fingerprint density at radius 1 is 0.973 bits per heavy atom. The van der Waals surface area contributed by atoms with E-state index in [0.29, 0.717) is 23.7 Å². The van der Waals surface area contributed by atoms with Gasteiger partial charge in [-0.3, -0.25) is 14.4 Å². The van der Waals surface area contributed by atoms with Crippen LogP contribution in [0, 0.1) is 50.7 Å². The zero-order chi connectivity index (χ0) is 27.2. The molecular formula is C32H49NO4. The van der Waals surface area contributed by atoms with Crippen LogP contribution in [-0.4, -0.2) is 30.8 Å². The van der Waals surface area contributed by atoms with Crippen LogP contribution in [0.1, 0.15) is 106 Å². The van der Waals surface area contributed by atoms with Crippen molar-refractivity contribution >= 4 is 17.7 Å². The molecule has 0 aromatic heterocycles. The summed E-state index contributed by atoms with van der Waals surface area (Å²) in [7, 11) is 1.67. The lowest BCUT2D eigenvalue weighted by Gasteiger charge is -2.70. The highest BCUT2D eigenvalue weighted by Gasteiger charge is 2.71. The third kappa shape index (κ3) is 3.37. The van der Waals surface area contributed by atoms with E-state index in [-0.39, 0.29) is 45.7 Å². The number of rotatable bonds is 2. The average Bonchev–Trinajstić information content (AvgIpc) is 2.81. The maximum atomic E-state index is 14.4. The number of esters is 1. The number of carbonyl (C=O) groups is 3. The molecule has 10 atom stereocenters. The highest BCUT2D eigenvalue weighted by molar-refractivity contribution is 5.96. The highest BCUT2D eigenvalue weighted by atomic mass is 16.5. The van der Waals surface area contributed by atoms with Gasteiger partial charge in [0.2, 0.25) is 5.91 Å². The van der Waals surface area contributed by atoms with Gasteiger partial charge >= 0.3 is 5.97 Å². The molecule has 4 saturated carbocycles.